The number of carbonyl (C=O) groups excluding carboxylic acids is 1. The molecule has 144 valence electrons. The van der Waals surface area contributed by atoms with Gasteiger partial charge in [0.15, 0.2) is 9.84 Å². The number of rotatable bonds is 6. The number of carbonyl (C=O) groups is 1. The Hall–Kier alpha value is -3.26. The average Bonchev–Trinajstić information content (AvgIpc) is 2.69. The molecule has 0 unspecified atom stereocenters. The number of benzene rings is 2. The fraction of sp³-hybridized carbons (Fsp3) is 0.100. The highest BCUT2D eigenvalue weighted by molar-refractivity contribution is 7.90. The van der Waals surface area contributed by atoms with Crippen molar-refractivity contribution in [1.29, 1.82) is 0 Å². The van der Waals surface area contributed by atoms with Crippen LogP contribution in [0.3, 0.4) is 0 Å². The van der Waals surface area contributed by atoms with Crippen LogP contribution < -0.4 is 10.1 Å². The molecule has 1 N–H and O–H groups in total. The fourth-order valence-electron chi connectivity index (χ4n) is 2.46. The second-order valence-electron chi connectivity index (χ2n) is 5.91. The first-order chi connectivity index (χ1) is 13.4. The number of sulfone groups is 1. The first-order valence-corrected chi connectivity index (χ1v) is 9.96. The Kier molecular flexibility index (Phi) is 5.70. The Balaban J connectivity index is 1.72. The van der Waals surface area contributed by atoms with E-state index in [1.165, 1.54) is 31.4 Å². The van der Waals surface area contributed by atoms with Crippen LogP contribution in [0.15, 0.2) is 71.8 Å². The van der Waals surface area contributed by atoms with Crippen molar-refractivity contribution in [2.75, 3.05) is 7.05 Å². The zero-order chi connectivity index (χ0) is 20.1. The minimum atomic E-state index is -3.58. The van der Waals surface area contributed by atoms with Gasteiger partial charge in [-0.2, -0.15) is 0 Å². The van der Waals surface area contributed by atoms with Gasteiger partial charge in [0.1, 0.15) is 23.0 Å². The third kappa shape index (κ3) is 4.72. The molecule has 6 nitrogen and oxygen atoms in total. The van der Waals surface area contributed by atoms with E-state index in [0.29, 0.717) is 17.1 Å². The number of nitrogens with zero attached hydrogens (tertiary/aromatic N) is 1. The van der Waals surface area contributed by atoms with Crippen LogP contribution in [0.2, 0.25) is 0 Å². The lowest BCUT2D eigenvalue weighted by Gasteiger charge is -2.08. The van der Waals surface area contributed by atoms with E-state index in [9.17, 15) is 17.6 Å². The first-order valence-electron chi connectivity index (χ1n) is 8.30. The summed E-state index contributed by atoms with van der Waals surface area (Å²) in [4.78, 5) is 15.6. The lowest BCUT2D eigenvalue weighted by molar-refractivity contribution is 0.0958. The molecular formula is C20H17FN2O4S. The minimum Gasteiger partial charge on any atom is -0.457 e. The van der Waals surface area contributed by atoms with Crippen LogP contribution in [0.25, 0.3) is 0 Å². The van der Waals surface area contributed by atoms with Gasteiger partial charge in [-0.3, -0.25) is 9.78 Å². The lowest BCUT2D eigenvalue weighted by atomic mass is 10.2. The summed E-state index contributed by atoms with van der Waals surface area (Å²) < 4.78 is 43.5. The second kappa shape index (κ2) is 8.18. The number of ether oxygens (including phenoxy) is 1. The van der Waals surface area contributed by atoms with Crippen LogP contribution >= 0.6 is 0 Å². The molecular weight excluding hydrogens is 383 g/mol. The highest BCUT2D eigenvalue weighted by atomic mass is 32.2. The molecule has 3 aromatic rings. The fourth-order valence-corrected chi connectivity index (χ4v) is 3.81. The molecule has 28 heavy (non-hydrogen) atoms. The molecule has 8 heteroatoms. The molecule has 1 heterocycles. The van der Waals surface area contributed by atoms with Crippen LogP contribution in [-0.2, 0) is 15.6 Å². The van der Waals surface area contributed by atoms with Gasteiger partial charge in [-0.1, -0.05) is 12.1 Å². The van der Waals surface area contributed by atoms with Gasteiger partial charge in [-0.15, -0.1) is 0 Å². The molecule has 0 spiro atoms. The molecule has 0 bridgehead atoms. The summed E-state index contributed by atoms with van der Waals surface area (Å²) in [5.74, 6) is -0.116. The van der Waals surface area contributed by atoms with Gasteiger partial charge in [-0.05, 0) is 48.0 Å². The van der Waals surface area contributed by atoms with E-state index in [0.717, 1.165) is 12.1 Å². The van der Waals surface area contributed by atoms with Crippen molar-refractivity contribution < 1.29 is 22.3 Å². The lowest BCUT2D eigenvalue weighted by Crippen LogP contribution is -2.18. The van der Waals surface area contributed by atoms with Crippen molar-refractivity contribution in [3.8, 4) is 11.5 Å². The quantitative estimate of drug-likeness (QED) is 0.642. The van der Waals surface area contributed by atoms with Crippen molar-refractivity contribution in [3.63, 3.8) is 0 Å². The molecule has 0 radical (unpaired) electrons. The van der Waals surface area contributed by atoms with E-state index in [1.54, 1.807) is 30.3 Å². The number of nitrogens with one attached hydrogen (secondary N) is 1. The zero-order valence-corrected chi connectivity index (χ0v) is 15.7. The number of aromatic nitrogens is 1. The first kappa shape index (κ1) is 19.5. The standard InChI is InChI=1S/C20H17FN2O4S/c1-22-20(24)19-12-17(10-11-23-19)27-16-6-2-14(3-7-16)13-28(25,26)18-8-4-15(21)5-9-18/h2-12H,13H2,1H3,(H,22,24). The average molecular weight is 400 g/mol. The summed E-state index contributed by atoms with van der Waals surface area (Å²) in [5.41, 5.74) is 0.791. The van der Waals surface area contributed by atoms with E-state index in [4.69, 9.17) is 4.74 Å². The van der Waals surface area contributed by atoms with Crippen molar-refractivity contribution in [3.05, 3.63) is 83.9 Å². The Labute approximate surface area is 161 Å². The summed E-state index contributed by atoms with van der Waals surface area (Å²) in [6.07, 6.45) is 1.46. The summed E-state index contributed by atoms with van der Waals surface area (Å²) in [5, 5.41) is 2.48. The van der Waals surface area contributed by atoms with Crippen LogP contribution in [0.1, 0.15) is 16.1 Å². The molecule has 0 aliphatic heterocycles. The summed E-state index contributed by atoms with van der Waals surface area (Å²) in [6, 6.07) is 14.4. The molecule has 1 amide bonds. The van der Waals surface area contributed by atoms with E-state index in [1.807, 2.05) is 0 Å². The monoisotopic (exact) mass is 400 g/mol. The van der Waals surface area contributed by atoms with E-state index in [-0.39, 0.29) is 22.2 Å². The molecule has 0 saturated heterocycles. The van der Waals surface area contributed by atoms with E-state index in [2.05, 4.69) is 10.3 Å². The predicted octanol–water partition coefficient (Wildman–Crippen LogP) is 3.35. The Morgan fingerprint density at radius 1 is 1.04 bits per heavy atom. The molecule has 2 aromatic carbocycles. The molecule has 0 saturated carbocycles. The Morgan fingerprint density at radius 2 is 1.71 bits per heavy atom. The van der Waals surface area contributed by atoms with Gasteiger partial charge in [0.25, 0.3) is 5.91 Å². The van der Waals surface area contributed by atoms with E-state index >= 15 is 0 Å². The topological polar surface area (TPSA) is 85.4 Å². The maximum Gasteiger partial charge on any atom is 0.269 e. The Morgan fingerprint density at radius 3 is 2.36 bits per heavy atom. The van der Waals surface area contributed by atoms with Gasteiger partial charge in [0, 0.05) is 19.3 Å². The normalized spacial score (nSPS) is 11.1. The van der Waals surface area contributed by atoms with Crippen molar-refractivity contribution in [2.24, 2.45) is 0 Å². The number of halogens is 1. The van der Waals surface area contributed by atoms with Crippen molar-refractivity contribution >= 4 is 15.7 Å². The molecule has 1 aromatic heterocycles. The second-order valence-corrected chi connectivity index (χ2v) is 7.90. The Bertz CT molecular complexity index is 1080. The third-order valence-corrected chi connectivity index (χ3v) is 5.58. The van der Waals surface area contributed by atoms with Gasteiger partial charge in [-0.25, -0.2) is 12.8 Å². The van der Waals surface area contributed by atoms with Gasteiger partial charge in [0.2, 0.25) is 0 Å². The summed E-state index contributed by atoms with van der Waals surface area (Å²) >= 11 is 0. The largest absolute Gasteiger partial charge is 0.457 e. The smallest absolute Gasteiger partial charge is 0.269 e. The van der Waals surface area contributed by atoms with Crippen LogP contribution in [0.5, 0.6) is 11.5 Å². The number of hydrogen-bond acceptors (Lipinski definition) is 5. The predicted molar refractivity (Wildman–Crippen MR) is 101 cm³/mol. The molecule has 0 fully saturated rings. The van der Waals surface area contributed by atoms with Crippen LogP contribution in [0.4, 0.5) is 4.39 Å². The maximum atomic E-state index is 13.0. The van der Waals surface area contributed by atoms with Crippen molar-refractivity contribution in [2.45, 2.75) is 10.6 Å². The highest BCUT2D eigenvalue weighted by Crippen LogP contribution is 2.23. The SMILES string of the molecule is CNC(=O)c1cc(Oc2ccc(CS(=O)(=O)c3ccc(F)cc3)cc2)ccn1. The molecule has 0 atom stereocenters. The minimum absolute atomic E-state index is 0.0627. The van der Waals surface area contributed by atoms with E-state index < -0.39 is 15.7 Å². The zero-order valence-electron chi connectivity index (χ0n) is 14.9. The third-order valence-electron chi connectivity index (χ3n) is 3.88. The number of pyridine rings is 1. The number of amides is 1. The summed E-state index contributed by atoms with van der Waals surface area (Å²) in [6.45, 7) is 0. The number of hydrogen-bond donors (Lipinski definition) is 1. The molecule has 0 aliphatic carbocycles. The summed E-state index contributed by atoms with van der Waals surface area (Å²) in [7, 11) is -2.07. The molecule has 3 rings (SSSR count). The van der Waals surface area contributed by atoms with Gasteiger partial charge < -0.3 is 10.1 Å². The van der Waals surface area contributed by atoms with Crippen LogP contribution in [-0.4, -0.2) is 26.4 Å². The van der Waals surface area contributed by atoms with Gasteiger partial charge in [0.05, 0.1) is 10.6 Å². The molecule has 0 aliphatic rings. The van der Waals surface area contributed by atoms with Crippen LogP contribution in [0, 0.1) is 5.82 Å². The maximum absolute atomic E-state index is 13.0. The highest BCUT2D eigenvalue weighted by Gasteiger charge is 2.15. The van der Waals surface area contributed by atoms with Gasteiger partial charge >= 0.3 is 0 Å². The van der Waals surface area contributed by atoms with Crippen molar-refractivity contribution in [1.82, 2.24) is 10.3 Å².